The molecule has 1 unspecified atom stereocenters. The Kier molecular flexibility index (Phi) is 4.10. The zero-order valence-corrected chi connectivity index (χ0v) is 10.9. The smallest absolute Gasteiger partial charge is 0.406 e. The summed E-state index contributed by atoms with van der Waals surface area (Å²) in [5, 5.41) is 8.70. The molecule has 5 nitrogen and oxygen atoms in total. The molecular weight excluding hydrogens is 277 g/mol. The highest BCUT2D eigenvalue weighted by Gasteiger charge is 2.43. The molecule has 1 aliphatic carbocycles. The molecule has 2 fully saturated rings. The number of carbonyl (C=O) groups is 2. The number of nitrogens with zero attached hydrogens (tertiary/aromatic N) is 2. The van der Waals surface area contributed by atoms with Crippen LogP contribution in [0.25, 0.3) is 0 Å². The summed E-state index contributed by atoms with van der Waals surface area (Å²) in [4.78, 5) is 25.0. The zero-order chi connectivity index (χ0) is 14.9. The van der Waals surface area contributed by atoms with E-state index in [9.17, 15) is 22.8 Å². The van der Waals surface area contributed by atoms with Gasteiger partial charge >= 0.3 is 18.2 Å². The fourth-order valence-electron chi connectivity index (χ4n) is 2.53. The van der Waals surface area contributed by atoms with Crippen LogP contribution in [0, 0.1) is 5.92 Å². The third-order valence-corrected chi connectivity index (χ3v) is 3.60. The highest BCUT2D eigenvalue weighted by Crippen LogP contribution is 2.32. The minimum absolute atomic E-state index is 0.0491. The van der Waals surface area contributed by atoms with Crippen LogP contribution in [0.15, 0.2) is 0 Å². The number of carbonyl (C=O) groups excluding carboxylic acids is 1. The Morgan fingerprint density at radius 2 is 1.90 bits per heavy atom. The molecule has 0 bridgehead atoms. The number of alkyl halides is 3. The lowest BCUT2D eigenvalue weighted by atomic mass is 10.1. The highest BCUT2D eigenvalue weighted by molar-refractivity contribution is 5.76. The Hall–Kier alpha value is -1.47. The van der Waals surface area contributed by atoms with Gasteiger partial charge in [0, 0.05) is 25.6 Å². The Balaban J connectivity index is 1.93. The van der Waals surface area contributed by atoms with Crippen LogP contribution < -0.4 is 0 Å². The van der Waals surface area contributed by atoms with Gasteiger partial charge in [0.1, 0.15) is 6.54 Å². The second-order valence-electron chi connectivity index (χ2n) is 5.46. The fourth-order valence-corrected chi connectivity index (χ4v) is 2.53. The molecule has 0 aromatic heterocycles. The molecule has 1 aliphatic heterocycles. The number of aliphatic carboxylic acids is 1. The summed E-state index contributed by atoms with van der Waals surface area (Å²) in [6.45, 7) is -0.666. The largest absolute Gasteiger partial charge is 0.481 e. The molecule has 2 aliphatic rings. The van der Waals surface area contributed by atoms with Crippen LogP contribution in [0.5, 0.6) is 0 Å². The third-order valence-electron chi connectivity index (χ3n) is 3.60. The van der Waals surface area contributed by atoms with E-state index < -0.39 is 24.7 Å². The number of urea groups is 1. The van der Waals surface area contributed by atoms with Crippen molar-refractivity contribution in [2.24, 2.45) is 5.92 Å². The fraction of sp³-hybridized carbons (Fsp3) is 0.833. The van der Waals surface area contributed by atoms with E-state index in [2.05, 4.69) is 0 Å². The van der Waals surface area contributed by atoms with Crippen LogP contribution in [-0.4, -0.2) is 58.8 Å². The number of likely N-dealkylation sites (tertiary alicyclic amines) is 1. The van der Waals surface area contributed by atoms with E-state index in [0.29, 0.717) is 25.8 Å². The molecule has 2 amide bonds. The van der Waals surface area contributed by atoms with Crippen molar-refractivity contribution in [1.82, 2.24) is 9.80 Å². The molecule has 1 N–H and O–H groups in total. The summed E-state index contributed by atoms with van der Waals surface area (Å²) in [5.74, 6) is -1.11. The number of carboxylic acid groups (broad SMARTS) is 1. The van der Waals surface area contributed by atoms with Gasteiger partial charge in [0.05, 0.1) is 0 Å². The van der Waals surface area contributed by atoms with E-state index in [1.54, 1.807) is 0 Å². The predicted octanol–water partition coefficient (Wildman–Crippen LogP) is 1.93. The van der Waals surface area contributed by atoms with Gasteiger partial charge < -0.3 is 14.9 Å². The second-order valence-corrected chi connectivity index (χ2v) is 5.46. The summed E-state index contributed by atoms with van der Waals surface area (Å²) in [6, 6.07) is -0.930. The number of hydrogen-bond donors (Lipinski definition) is 1. The van der Waals surface area contributed by atoms with Crippen molar-refractivity contribution in [2.45, 2.75) is 37.9 Å². The minimum Gasteiger partial charge on any atom is -0.481 e. The molecule has 2 rings (SSSR count). The van der Waals surface area contributed by atoms with Crippen molar-refractivity contribution >= 4 is 12.0 Å². The van der Waals surface area contributed by atoms with E-state index in [0.717, 1.165) is 4.90 Å². The molecule has 1 atom stereocenters. The number of rotatable bonds is 4. The molecule has 0 spiro atoms. The van der Waals surface area contributed by atoms with Gasteiger partial charge in [-0.1, -0.05) is 0 Å². The minimum atomic E-state index is -4.40. The summed E-state index contributed by atoms with van der Waals surface area (Å²) in [7, 11) is 0. The van der Waals surface area contributed by atoms with Crippen molar-refractivity contribution in [3.63, 3.8) is 0 Å². The quantitative estimate of drug-likeness (QED) is 0.862. The van der Waals surface area contributed by atoms with Gasteiger partial charge in [-0.3, -0.25) is 4.79 Å². The van der Waals surface area contributed by atoms with Crippen molar-refractivity contribution < 1.29 is 27.9 Å². The van der Waals surface area contributed by atoms with Crippen LogP contribution in [0.3, 0.4) is 0 Å². The van der Waals surface area contributed by atoms with Gasteiger partial charge in [-0.2, -0.15) is 13.2 Å². The molecule has 1 heterocycles. The Morgan fingerprint density at radius 1 is 1.25 bits per heavy atom. The van der Waals surface area contributed by atoms with E-state index in [1.165, 1.54) is 4.90 Å². The van der Waals surface area contributed by atoms with Crippen molar-refractivity contribution in [3.05, 3.63) is 0 Å². The lowest BCUT2D eigenvalue weighted by Gasteiger charge is -2.28. The molecule has 0 aromatic carbocycles. The van der Waals surface area contributed by atoms with Crippen LogP contribution >= 0.6 is 0 Å². The molecule has 1 saturated carbocycles. The molecule has 114 valence electrons. The van der Waals surface area contributed by atoms with Crippen LogP contribution in [0.2, 0.25) is 0 Å². The summed E-state index contributed by atoms with van der Waals surface area (Å²) in [6.07, 6.45) is -2.71. The first-order chi connectivity index (χ1) is 9.26. The number of hydrogen-bond acceptors (Lipinski definition) is 2. The van der Waals surface area contributed by atoms with Crippen molar-refractivity contribution in [3.8, 4) is 0 Å². The first-order valence-corrected chi connectivity index (χ1v) is 6.60. The van der Waals surface area contributed by atoms with Crippen molar-refractivity contribution in [2.75, 3.05) is 19.6 Å². The van der Waals surface area contributed by atoms with Gasteiger partial charge in [0.2, 0.25) is 0 Å². The Labute approximate surface area is 114 Å². The third kappa shape index (κ3) is 4.01. The first-order valence-electron chi connectivity index (χ1n) is 6.60. The van der Waals surface area contributed by atoms with Crippen LogP contribution in [-0.2, 0) is 4.79 Å². The number of amides is 2. The zero-order valence-electron chi connectivity index (χ0n) is 10.9. The van der Waals surface area contributed by atoms with Gasteiger partial charge in [-0.05, 0) is 25.2 Å². The van der Waals surface area contributed by atoms with E-state index in [1.807, 2.05) is 0 Å². The summed E-state index contributed by atoms with van der Waals surface area (Å²) < 4.78 is 37.5. The summed E-state index contributed by atoms with van der Waals surface area (Å²) in [5.41, 5.74) is 0. The molecular formula is C12H17F3N2O3. The van der Waals surface area contributed by atoms with Crippen LogP contribution in [0.1, 0.15) is 25.7 Å². The highest BCUT2D eigenvalue weighted by atomic mass is 19.4. The maximum atomic E-state index is 12.5. The maximum Gasteiger partial charge on any atom is 0.406 e. The number of halogens is 3. The van der Waals surface area contributed by atoms with E-state index in [4.69, 9.17) is 5.11 Å². The van der Waals surface area contributed by atoms with Crippen molar-refractivity contribution in [1.29, 1.82) is 0 Å². The van der Waals surface area contributed by atoms with E-state index >= 15 is 0 Å². The topological polar surface area (TPSA) is 60.9 Å². The lowest BCUT2D eigenvalue weighted by Crippen LogP contribution is -2.47. The molecule has 20 heavy (non-hydrogen) atoms. The van der Waals surface area contributed by atoms with E-state index in [-0.39, 0.29) is 24.9 Å². The second kappa shape index (κ2) is 5.49. The summed E-state index contributed by atoms with van der Waals surface area (Å²) >= 11 is 0. The average Bonchev–Trinajstić information content (AvgIpc) is 3.04. The molecule has 0 aromatic rings. The first kappa shape index (κ1) is 14.9. The maximum absolute atomic E-state index is 12.5. The number of carboxylic acids is 1. The van der Waals surface area contributed by atoms with Gasteiger partial charge in [0.15, 0.2) is 0 Å². The SMILES string of the molecule is O=C(O)CC1CCN(C(=O)N(CC(F)(F)F)C2CC2)C1. The molecule has 1 saturated heterocycles. The molecule has 0 radical (unpaired) electrons. The Bertz CT molecular complexity index is 396. The molecule has 8 heteroatoms. The standard InChI is InChI=1S/C12H17F3N2O3/c13-12(14,15)7-17(9-1-2-9)11(20)16-4-3-8(6-16)5-10(18)19/h8-9H,1-7H2,(H,18,19). The lowest BCUT2D eigenvalue weighted by molar-refractivity contribution is -0.142. The monoisotopic (exact) mass is 294 g/mol. The average molecular weight is 294 g/mol. The predicted molar refractivity (Wildman–Crippen MR) is 63.1 cm³/mol. The van der Waals surface area contributed by atoms with Crippen LogP contribution in [0.4, 0.5) is 18.0 Å². The Morgan fingerprint density at radius 3 is 2.40 bits per heavy atom. The normalized spacial score (nSPS) is 22.9. The van der Waals surface area contributed by atoms with Gasteiger partial charge in [-0.15, -0.1) is 0 Å². The van der Waals surface area contributed by atoms with Gasteiger partial charge in [-0.25, -0.2) is 4.79 Å². The van der Waals surface area contributed by atoms with Gasteiger partial charge in [0.25, 0.3) is 0 Å².